The van der Waals surface area contributed by atoms with E-state index in [4.69, 9.17) is 0 Å². The molecule has 0 radical (unpaired) electrons. The molecule has 10 nitrogen and oxygen atoms in total. The summed E-state index contributed by atoms with van der Waals surface area (Å²) in [4.78, 5) is 80.7. The summed E-state index contributed by atoms with van der Waals surface area (Å²) in [5.74, 6) is -4.67. The number of nitrogens with zero attached hydrogens (tertiary/aromatic N) is 2. The van der Waals surface area contributed by atoms with Crippen molar-refractivity contribution in [1.82, 2.24) is 0 Å². The minimum absolute atomic E-state index is 0.0343. The number of fused-ring (bicyclic) bond motifs is 2. The molecule has 2 N–H and O–H groups in total. The van der Waals surface area contributed by atoms with Gasteiger partial charge < -0.3 is 10.2 Å². The number of thiophene rings is 1. The molecule has 0 spiro atoms. The van der Waals surface area contributed by atoms with Crippen LogP contribution in [0.4, 0.5) is 11.4 Å². The lowest BCUT2D eigenvalue weighted by molar-refractivity contribution is 0.0686. The van der Waals surface area contributed by atoms with Crippen molar-refractivity contribution < 1.29 is 39.0 Å². The molecule has 0 saturated heterocycles. The zero-order valence-electron chi connectivity index (χ0n) is 29.5. The number of aromatic carboxylic acids is 2. The average Bonchev–Trinajstić information content (AvgIpc) is 3.84. The molecule has 57 heavy (non-hydrogen) atoms. The van der Waals surface area contributed by atoms with Crippen LogP contribution >= 0.6 is 11.3 Å². The number of benzene rings is 6. The van der Waals surface area contributed by atoms with E-state index >= 15 is 0 Å². The van der Waals surface area contributed by atoms with Gasteiger partial charge in [-0.1, -0.05) is 84.9 Å². The fraction of sp³-hybridized carbons (Fsp3) is 0. The molecule has 0 aliphatic carbocycles. The SMILES string of the molecule is O=C(O)c1ccc2c(c1)C(=O)N(c1ccc(-c3sc(-c4ccc(N5C(=O)c6ccc(C(=O)O)cc6C5=O)cc4)c(-c4ccccc4)c3-c3ccccc3)cc1)C2=O. The molecule has 2 aliphatic rings. The zero-order chi connectivity index (χ0) is 39.5. The molecule has 274 valence electrons. The van der Waals surface area contributed by atoms with Gasteiger partial charge in [0.2, 0.25) is 0 Å². The van der Waals surface area contributed by atoms with Crippen LogP contribution in [0, 0.1) is 0 Å². The van der Waals surface area contributed by atoms with Gasteiger partial charge in [-0.3, -0.25) is 19.2 Å². The van der Waals surface area contributed by atoms with Crippen molar-refractivity contribution in [3.63, 3.8) is 0 Å². The van der Waals surface area contributed by atoms with Gasteiger partial charge in [0, 0.05) is 20.9 Å². The smallest absolute Gasteiger partial charge is 0.335 e. The fourth-order valence-electron chi connectivity index (χ4n) is 7.34. The monoisotopic (exact) mass is 766 g/mol. The van der Waals surface area contributed by atoms with Crippen molar-refractivity contribution in [3.05, 3.63) is 179 Å². The van der Waals surface area contributed by atoms with E-state index in [1.807, 2.05) is 84.9 Å². The van der Waals surface area contributed by atoms with Crippen molar-refractivity contribution >= 4 is 58.3 Å². The maximum atomic E-state index is 13.4. The molecule has 0 bridgehead atoms. The standard InChI is InChI=1S/C46H26N2O8S/c49-41-33-21-15-29(45(53)54)23-35(33)43(51)47(41)31-17-11-27(12-18-31)39-37(25-7-3-1-4-8-25)38(26-9-5-2-6-10-26)40(57-39)28-13-19-32(20-14-28)48-42(50)34-22-16-30(46(55)56)24-36(34)44(48)52/h1-24H,(H,53,54)(H,55,56). The molecule has 0 fully saturated rings. The summed E-state index contributed by atoms with van der Waals surface area (Å²) in [6, 6.07) is 41.8. The Hall–Kier alpha value is -7.76. The van der Waals surface area contributed by atoms with E-state index in [0.29, 0.717) is 11.4 Å². The van der Waals surface area contributed by atoms with Gasteiger partial charge >= 0.3 is 11.9 Å². The Balaban J connectivity index is 1.13. The molecule has 6 aromatic carbocycles. The molecule has 2 aliphatic heterocycles. The second-order valence-corrected chi connectivity index (χ2v) is 14.4. The third kappa shape index (κ3) is 5.72. The molecule has 11 heteroatoms. The third-order valence-electron chi connectivity index (χ3n) is 10.1. The predicted octanol–water partition coefficient (Wildman–Crippen LogP) is 9.41. The Morgan fingerprint density at radius 2 is 0.754 bits per heavy atom. The largest absolute Gasteiger partial charge is 0.478 e. The van der Waals surface area contributed by atoms with Gasteiger partial charge in [0.15, 0.2) is 0 Å². The number of carbonyl (C=O) groups excluding carboxylic acids is 4. The highest BCUT2D eigenvalue weighted by Crippen LogP contribution is 2.52. The van der Waals surface area contributed by atoms with Gasteiger partial charge in [0.05, 0.1) is 44.8 Å². The van der Waals surface area contributed by atoms with Crippen LogP contribution in [-0.2, 0) is 0 Å². The number of imide groups is 2. The number of anilines is 2. The lowest BCUT2D eigenvalue weighted by atomic mass is 9.91. The van der Waals surface area contributed by atoms with Gasteiger partial charge in [-0.15, -0.1) is 11.3 Å². The van der Waals surface area contributed by atoms with Crippen molar-refractivity contribution in [1.29, 1.82) is 0 Å². The van der Waals surface area contributed by atoms with Gasteiger partial charge in [-0.25, -0.2) is 19.4 Å². The Kier molecular flexibility index (Phi) is 8.29. The first-order valence-electron chi connectivity index (χ1n) is 17.6. The maximum Gasteiger partial charge on any atom is 0.335 e. The van der Waals surface area contributed by atoms with E-state index in [1.54, 1.807) is 35.6 Å². The van der Waals surface area contributed by atoms with E-state index in [-0.39, 0.29) is 33.4 Å². The zero-order valence-corrected chi connectivity index (χ0v) is 30.3. The molecule has 0 saturated carbocycles. The van der Waals surface area contributed by atoms with Crippen LogP contribution in [0.2, 0.25) is 0 Å². The first kappa shape index (κ1) is 35.0. The van der Waals surface area contributed by atoms with E-state index in [1.165, 1.54) is 36.4 Å². The summed E-state index contributed by atoms with van der Waals surface area (Å²) in [6.45, 7) is 0. The molecular weight excluding hydrogens is 741 g/mol. The van der Waals surface area contributed by atoms with Crippen LogP contribution < -0.4 is 9.80 Å². The molecule has 0 atom stereocenters. The topological polar surface area (TPSA) is 149 Å². The average molecular weight is 767 g/mol. The van der Waals surface area contributed by atoms with Crippen molar-refractivity contribution in [3.8, 4) is 43.1 Å². The Morgan fingerprint density at radius 3 is 1.11 bits per heavy atom. The minimum atomic E-state index is -1.20. The Bertz CT molecular complexity index is 2670. The normalized spacial score (nSPS) is 13.3. The molecule has 4 amide bonds. The number of carboxylic acids is 2. The fourth-order valence-corrected chi connectivity index (χ4v) is 8.69. The first-order chi connectivity index (χ1) is 27.6. The van der Waals surface area contributed by atoms with E-state index in [2.05, 4.69) is 0 Å². The number of hydrogen-bond acceptors (Lipinski definition) is 7. The quantitative estimate of drug-likeness (QED) is 0.145. The second kappa shape index (κ2) is 13.5. The minimum Gasteiger partial charge on any atom is -0.478 e. The Morgan fingerprint density at radius 1 is 0.404 bits per heavy atom. The summed E-state index contributed by atoms with van der Waals surface area (Å²) in [6.07, 6.45) is 0. The first-order valence-corrected chi connectivity index (χ1v) is 18.4. The van der Waals surface area contributed by atoms with Gasteiger partial charge in [0.1, 0.15) is 0 Å². The van der Waals surface area contributed by atoms with Crippen LogP contribution in [0.1, 0.15) is 62.1 Å². The summed E-state index contributed by atoms with van der Waals surface area (Å²) >= 11 is 1.54. The van der Waals surface area contributed by atoms with Crippen LogP contribution in [0.5, 0.6) is 0 Å². The number of hydrogen-bond donors (Lipinski definition) is 2. The van der Waals surface area contributed by atoms with Gasteiger partial charge in [-0.2, -0.15) is 0 Å². The lowest BCUT2D eigenvalue weighted by Gasteiger charge is -2.15. The van der Waals surface area contributed by atoms with Crippen molar-refractivity contribution in [2.45, 2.75) is 0 Å². The van der Waals surface area contributed by atoms with E-state index in [0.717, 1.165) is 52.9 Å². The van der Waals surface area contributed by atoms with E-state index < -0.39 is 35.6 Å². The highest BCUT2D eigenvalue weighted by atomic mass is 32.1. The van der Waals surface area contributed by atoms with Gasteiger partial charge in [0.25, 0.3) is 23.6 Å². The van der Waals surface area contributed by atoms with Crippen LogP contribution in [0.15, 0.2) is 146 Å². The predicted molar refractivity (Wildman–Crippen MR) is 215 cm³/mol. The molecule has 1 aromatic heterocycles. The van der Waals surface area contributed by atoms with E-state index in [9.17, 15) is 39.0 Å². The molecule has 3 heterocycles. The molecule has 9 rings (SSSR count). The van der Waals surface area contributed by atoms with Crippen LogP contribution in [0.25, 0.3) is 43.1 Å². The number of amides is 4. The summed E-state index contributed by atoms with van der Waals surface area (Å²) in [5, 5.41) is 18.9. The van der Waals surface area contributed by atoms with Gasteiger partial charge in [-0.05, 0) is 82.9 Å². The second-order valence-electron chi connectivity index (χ2n) is 13.4. The number of carbonyl (C=O) groups is 6. The van der Waals surface area contributed by atoms with Crippen LogP contribution in [0.3, 0.4) is 0 Å². The number of carboxylic acid groups (broad SMARTS) is 2. The Labute approximate surface area is 328 Å². The third-order valence-corrected chi connectivity index (χ3v) is 11.4. The highest BCUT2D eigenvalue weighted by molar-refractivity contribution is 7.20. The molecule has 0 unspecified atom stereocenters. The molecular formula is C46H26N2O8S. The summed E-state index contributed by atoms with van der Waals surface area (Å²) < 4.78 is 0. The van der Waals surface area contributed by atoms with Crippen molar-refractivity contribution in [2.75, 3.05) is 9.80 Å². The number of rotatable bonds is 8. The summed E-state index contributed by atoms with van der Waals surface area (Å²) in [5.41, 5.74) is 6.30. The highest BCUT2D eigenvalue weighted by Gasteiger charge is 2.39. The molecule has 7 aromatic rings. The summed E-state index contributed by atoms with van der Waals surface area (Å²) in [7, 11) is 0. The van der Waals surface area contributed by atoms with Crippen molar-refractivity contribution in [2.24, 2.45) is 0 Å². The van der Waals surface area contributed by atoms with Crippen LogP contribution in [-0.4, -0.2) is 45.8 Å². The lowest BCUT2D eigenvalue weighted by Crippen LogP contribution is -2.29. The maximum absolute atomic E-state index is 13.4.